The average Bonchev–Trinajstić information content (AvgIpc) is 2.75. The Labute approximate surface area is 103 Å². The number of benzene rings is 1. The lowest BCUT2D eigenvalue weighted by molar-refractivity contribution is 0.535. The first-order valence-corrected chi connectivity index (χ1v) is 6.14. The summed E-state index contributed by atoms with van der Waals surface area (Å²) in [6.07, 6.45) is 2.30. The first kappa shape index (κ1) is 12.2. The number of nitrogens with zero attached hydrogens (tertiary/aromatic N) is 1. The molecule has 17 heavy (non-hydrogen) atoms. The lowest BCUT2D eigenvalue weighted by Crippen LogP contribution is -2.29. The summed E-state index contributed by atoms with van der Waals surface area (Å²) in [5.41, 5.74) is 3.37. The Kier molecular flexibility index (Phi) is 3.83. The molecule has 2 rings (SSSR count). The second-order valence-electron chi connectivity index (χ2n) is 3.80. The van der Waals surface area contributed by atoms with Gasteiger partial charge in [-0.15, -0.1) is 11.3 Å². The minimum atomic E-state index is -0.200. The van der Waals surface area contributed by atoms with Crippen molar-refractivity contribution in [3.05, 3.63) is 51.7 Å². The number of aromatic nitrogens is 1. The first-order valence-electron chi connectivity index (χ1n) is 5.32. The van der Waals surface area contributed by atoms with Crippen LogP contribution in [-0.2, 0) is 6.42 Å². The molecule has 1 aromatic carbocycles. The van der Waals surface area contributed by atoms with Gasteiger partial charge >= 0.3 is 0 Å². The van der Waals surface area contributed by atoms with Crippen molar-refractivity contribution in [2.75, 3.05) is 0 Å². The molecule has 2 aromatic rings. The van der Waals surface area contributed by atoms with Gasteiger partial charge in [-0.3, -0.25) is 11.3 Å². The molecule has 1 aromatic heterocycles. The van der Waals surface area contributed by atoms with Gasteiger partial charge in [-0.05, 0) is 25.0 Å². The van der Waals surface area contributed by atoms with Crippen LogP contribution >= 0.6 is 11.3 Å². The third-order valence-corrected chi connectivity index (χ3v) is 3.59. The number of hydrogen-bond acceptors (Lipinski definition) is 4. The van der Waals surface area contributed by atoms with Gasteiger partial charge in [-0.2, -0.15) is 0 Å². The molecule has 0 bridgehead atoms. The van der Waals surface area contributed by atoms with Gasteiger partial charge in [0.2, 0.25) is 0 Å². The third kappa shape index (κ3) is 2.88. The molecule has 1 heterocycles. The Hall–Kier alpha value is -1.30. The van der Waals surface area contributed by atoms with Crippen LogP contribution in [0, 0.1) is 12.7 Å². The van der Waals surface area contributed by atoms with Gasteiger partial charge in [0.25, 0.3) is 0 Å². The number of hydrazine groups is 1. The molecule has 0 saturated carbocycles. The normalized spacial score (nSPS) is 12.6. The van der Waals surface area contributed by atoms with Gasteiger partial charge in [-0.1, -0.05) is 18.2 Å². The molecule has 3 N–H and O–H groups in total. The van der Waals surface area contributed by atoms with Crippen LogP contribution in [-0.4, -0.2) is 4.98 Å². The number of aryl methyl sites for hydroxylation is 1. The molecular formula is C12H14FN3S. The molecule has 0 aliphatic carbocycles. The van der Waals surface area contributed by atoms with E-state index < -0.39 is 0 Å². The minimum absolute atomic E-state index is 0.0990. The molecule has 1 atom stereocenters. The second-order valence-corrected chi connectivity index (χ2v) is 5.06. The molecule has 0 saturated heterocycles. The highest BCUT2D eigenvalue weighted by atomic mass is 32.1. The highest BCUT2D eigenvalue weighted by Crippen LogP contribution is 2.24. The maximum atomic E-state index is 13.5. The number of halogens is 1. The highest BCUT2D eigenvalue weighted by Gasteiger charge is 2.15. The lowest BCUT2D eigenvalue weighted by Gasteiger charge is -2.14. The molecule has 0 fully saturated rings. The van der Waals surface area contributed by atoms with E-state index in [2.05, 4.69) is 10.4 Å². The second kappa shape index (κ2) is 5.35. The Bertz CT molecular complexity index is 498. The SMILES string of the molecule is Cc1ncc(C(Cc2ccccc2F)NN)s1. The van der Waals surface area contributed by atoms with Crippen LogP contribution in [0.4, 0.5) is 4.39 Å². The molecule has 0 amide bonds. The Balaban J connectivity index is 2.18. The fourth-order valence-corrected chi connectivity index (χ4v) is 2.51. The minimum Gasteiger partial charge on any atom is -0.271 e. The number of thiazole rings is 1. The van der Waals surface area contributed by atoms with Crippen molar-refractivity contribution in [2.24, 2.45) is 5.84 Å². The smallest absolute Gasteiger partial charge is 0.126 e. The average molecular weight is 251 g/mol. The molecule has 0 radical (unpaired) electrons. The van der Waals surface area contributed by atoms with Crippen molar-refractivity contribution >= 4 is 11.3 Å². The number of hydrogen-bond donors (Lipinski definition) is 2. The summed E-state index contributed by atoms with van der Waals surface area (Å²) in [6.45, 7) is 1.94. The predicted octanol–water partition coefficient (Wildman–Crippen LogP) is 2.34. The molecule has 3 nitrogen and oxygen atoms in total. The molecule has 0 spiro atoms. The van der Waals surface area contributed by atoms with Crippen LogP contribution in [0.3, 0.4) is 0 Å². The van der Waals surface area contributed by atoms with E-state index in [1.807, 2.05) is 13.0 Å². The summed E-state index contributed by atoms with van der Waals surface area (Å²) < 4.78 is 13.5. The highest BCUT2D eigenvalue weighted by molar-refractivity contribution is 7.11. The molecule has 1 unspecified atom stereocenters. The fraction of sp³-hybridized carbons (Fsp3) is 0.250. The zero-order chi connectivity index (χ0) is 12.3. The van der Waals surface area contributed by atoms with Gasteiger partial charge in [-0.25, -0.2) is 9.37 Å². The standard InChI is InChI=1S/C12H14FN3S/c1-8-15-7-12(17-8)11(16-14)6-9-4-2-3-5-10(9)13/h2-5,7,11,16H,6,14H2,1H3. The lowest BCUT2D eigenvalue weighted by atomic mass is 10.1. The van der Waals surface area contributed by atoms with Crippen LogP contribution in [0.1, 0.15) is 21.5 Å². The van der Waals surface area contributed by atoms with Crippen LogP contribution in [0.5, 0.6) is 0 Å². The van der Waals surface area contributed by atoms with Gasteiger partial charge in [0.1, 0.15) is 5.82 Å². The Morgan fingerprint density at radius 2 is 2.24 bits per heavy atom. The van der Waals surface area contributed by atoms with Crippen molar-refractivity contribution in [1.29, 1.82) is 0 Å². The maximum absolute atomic E-state index is 13.5. The first-order chi connectivity index (χ1) is 8.20. The number of rotatable bonds is 4. The summed E-state index contributed by atoms with van der Waals surface area (Å²) in [4.78, 5) is 5.20. The van der Waals surface area contributed by atoms with E-state index in [1.165, 1.54) is 6.07 Å². The summed E-state index contributed by atoms with van der Waals surface area (Å²) in [5, 5.41) is 0.980. The summed E-state index contributed by atoms with van der Waals surface area (Å²) in [7, 11) is 0. The quantitative estimate of drug-likeness (QED) is 0.648. The van der Waals surface area contributed by atoms with Gasteiger partial charge in [0.15, 0.2) is 0 Å². The van der Waals surface area contributed by atoms with Gasteiger partial charge in [0, 0.05) is 11.1 Å². The summed E-state index contributed by atoms with van der Waals surface area (Å²) in [6, 6.07) is 6.64. The van der Waals surface area contributed by atoms with Gasteiger partial charge < -0.3 is 0 Å². The van der Waals surface area contributed by atoms with Crippen LogP contribution in [0.25, 0.3) is 0 Å². The van der Waals surface area contributed by atoms with Crippen molar-refractivity contribution < 1.29 is 4.39 Å². The topological polar surface area (TPSA) is 50.9 Å². The van der Waals surface area contributed by atoms with Crippen LogP contribution in [0.15, 0.2) is 30.5 Å². The van der Waals surface area contributed by atoms with Crippen molar-refractivity contribution in [3.8, 4) is 0 Å². The zero-order valence-electron chi connectivity index (χ0n) is 9.48. The number of nitrogens with one attached hydrogen (secondary N) is 1. The zero-order valence-corrected chi connectivity index (χ0v) is 10.3. The Morgan fingerprint density at radius 3 is 2.82 bits per heavy atom. The molecular weight excluding hydrogens is 237 g/mol. The maximum Gasteiger partial charge on any atom is 0.126 e. The predicted molar refractivity (Wildman–Crippen MR) is 67.0 cm³/mol. The molecule has 0 aliphatic rings. The van der Waals surface area contributed by atoms with E-state index in [-0.39, 0.29) is 11.9 Å². The largest absolute Gasteiger partial charge is 0.271 e. The van der Waals surface area contributed by atoms with Crippen molar-refractivity contribution in [2.45, 2.75) is 19.4 Å². The summed E-state index contributed by atoms with van der Waals surface area (Å²) in [5.74, 6) is 5.32. The Morgan fingerprint density at radius 1 is 1.47 bits per heavy atom. The van der Waals surface area contributed by atoms with E-state index in [4.69, 9.17) is 5.84 Å². The molecule has 0 aliphatic heterocycles. The van der Waals surface area contributed by atoms with Crippen LogP contribution in [0.2, 0.25) is 0 Å². The molecule has 90 valence electrons. The third-order valence-electron chi connectivity index (χ3n) is 2.57. The summed E-state index contributed by atoms with van der Waals surface area (Å²) >= 11 is 1.57. The van der Waals surface area contributed by atoms with E-state index in [0.29, 0.717) is 12.0 Å². The van der Waals surface area contributed by atoms with E-state index in [0.717, 1.165) is 9.88 Å². The van der Waals surface area contributed by atoms with E-state index >= 15 is 0 Å². The number of nitrogens with two attached hydrogens (primary N) is 1. The molecule has 5 heteroatoms. The monoisotopic (exact) mass is 251 g/mol. The van der Waals surface area contributed by atoms with Crippen molar-refractivity contribution in [1.82, 2.24) is 10.4 Å². The van der Waals surface area contributed by atoms with Crippen molar-refractivity contribution in [3.63, 3.8) is 0 Å². The van der Waals surface area contributed by atoms with E-state index in [1.54, 1.807) is 29.7 Å². The van der Waals surface area contributed by atoms with Crippen LogP contribution < -0.4 is 11.3 Å². The van der Waals surface area contributed by atoms with Gasteiger partial charge in [0.05, 0.1) is 11.0 Å². The fourth-order valence-electron chi connectivity index (χ4n) is 1.66. The van der Waals surface area contributed by atoms with E-state index in [9.17, 15) is 4.39 Å².